The van der Waals surface area contributed by atoms with E-state index in [1.807, 2.05) is 29.7 Å². The average molecular weight is 365 g/mol. The van der Waals surface area contributed by atoms with Crippen molar-refractivity contribution in [1.82, 2.24) is 9.99 Å². The number of hydrogen-bond acceptors (Lipinski definition) is 5. The Morgan fingerprint density at radius 1 is 1.26 bits per heavy atom. The van der Waals surface area contributed by atoms with Gasteiger partial charge in [-0.05, 0) is 44.2 Å². The molecule has 1 saturated carbocycles. The zero-order valence-corrected chi connectivity index (χ0v) is 15.4. The molecule has 0 bridgehead atoms. The van der Waals surface area contributed by atoms with Crippen LogP contribution in [0.15, 0.2) is 33.5 Å². The fraction of sp³-hybridized carbons (Fsp3) is 0.400. The summed E-state index contributed by atoms with van der Waals surface area (Å²) in [5.74, 6) is 0.135. The third kappa shape index (κ3) is 3.37. The van der Waals surface area contributed by atoms with Crippen molar-refractivity contribution >= 4 is 34.4 Å². The molecule has 140 valence electrons. The van der Waals surface area contributed by atoms with E-state index in [0.29, 0.717) is 24.9 Å². The highest BCUT2D eigenvalue weighted by molar-refractivity contribution is 6.09. The first-order valence-electron chi connectivity index (χ1n) is 9.47. The van der Waals surface area contributed by atoms with E-state index in [9.17, 15) is 9.90 Å². The molecule has 1 aliphatic heterocycles. The van der Waals surface area contributed by atoms with Gasteiger partial charge in [0.15, 0.2) is 0 Å². The fourth-order valence-electron chi connectivity index (χ4n) is 3.72. The second kappa shape index (κ2) is 7.34. The van der Waals surface area contributed by atoms with E-state index in [-0.39, 0.29) is 11.8 Å². The third-order valence-corrected chi connectivity index (χ3v) is 5.20. The van der Waals surface area contributed by atoms with Crippen molar-refractivity contribution in [3.8, 4) is 5.88 Å². The highest BCUT2D eigenvalue weighted by Gasteiger charge is 2.18. The number of carbonyl (C=O) groups is 1. The molecule has 0 saturated heterocycles. The molecule has 4 rings (SSSR count). The third-order valence-electron chi connectivity index (χ3n) is 5.20. The van der Waals surface area contributed by atoms with E-state index in [4.69, 9.17) is 0 Å². The molecule has 7 heteroatoms. The zero-order valence-electron chi connectivity index (χ0n) is 15.4. The van der Waals surface area contributed by atoms with Gasteiger partial charge in [-0.3, -0.25) is 4.79 Å². The van der Waals surface area contributed by atoms with Gasteiger partial charge in [-0.25, -0.2) is 5.43 Å². The van der Waals surface area contributed by atoms with Gasteiger partial charge in [0.1, 0.15) is 0 Å². The van der Waals surface area contributed by atoms with Gasteiger partial charge in [0.2, 0.25) is 11.8 Å². The van der Waals surface area contributed by atoms with Crippen LogP contribution in [0, 0.1) is 0 Å². The minimum absolute atomic E-state index is 0.0585. The van der Waals surface area contributed by atoms with E-state index >= 15 is 0 Å². The fourth-order valence-corrected chi connectivity index (χ4v) is 3.72. The Morgan fingerprint density at radius 2 is 2.07 bits per heavy atom. The first-order chi connectivity index (χ1) is 13.2. The molecular formula is C20H23N5O2. The summed E-state index contributed by atoms with van der Waals surface area (Å²) < 4.78 is 1.85. The first-order valence-corrected chi connectivity index (χ1v) is 9.47. The molecule has 0 unspecified atom stereocenters. The van der Waals surface area contributed by atoms with Gasteiger partial charge in [-0.1, -0.05) is 12.1 Å². The van der Waals surface area contributed by atoms with Crippen molar-refractivity contribution in [3.05, 3.63) is 29.3 Å². The van der Waals surface area contributed by atoms with Crippen molar-refractivity contribution in [2.24, 2.45) is 15.3 Å². The number of nitrogens with zero attached hydrogens (tertiary/aromatic N) is 4. The van der Waals surface area contributed by atoms with Crippen LogP contribution >= 0.6 is 0 Å². The van der Waals surface area contributed by atoms with Crippen LogP contribution in [0.2, 0.25) is 0 Å². The normalized spacial score (nSPS) is 17.6. The summed E-state index contributed by atoms with van der Waals surface area (Å²) in [4.78, 5) is 11.3. The molecule has 2 aliphatic rings. The molecule has 1 amide bonds. The van der Waals surface area contributed by atoms with Crippen LogP contribution in [0.25, 0.3) is 10.9 Å². The van der Waals surface area contributed by atoms with Gasteiger partial charge in [-0.15, -0.1) is 0 Å². The lowest BCUT2D eigenvalue weighted by Crippen LogP contribution is -2.25. The Hall–Kier alpha value is -2.96. The van der Waals surface area contributed by atoms with Gasteiger partial charge in [0.25, 0.3) is 0 Å². The topological polar surface area (TPSA) is 91.3 Å². The SMILES string of the molecule is CCn1c(O)c(C=NN=C2CCCC2)c2ccc(C3=NNC(=O)CC3)cc21. The highest BCUT2D eigenvalue weighted by Crippen LogP contribution is 2.31. The summed E-state index contributed by atoms with van der Waals surface area (Å²) in [5, 5.41) is 24.3. The van der Waals surface area contributed by atoms with Crippen LogP contribution in [0.1, 0.15) is 56.6 Å². The standard InChI is InChI=1S/C20H23N5O2/c1-2-25-18-11-13(17-9-10-19(26)24-23-17)7-8-15(18)16(20(25)27)12-21-22-14-5-3-4-6-14/h7-8,11-12,27H,2-6,9-10H2,1H3,(H,24,26). The van der Waals surface area contributed by atoms with Crippen LogP contribution in [0.5, 0.6) is 5.88 Å². The van der Waals surface area contributed by atoms with Gasteiger partial charge >= 0.3 is 0 Å². The Kier molecular flexibility index (Phi) is 4.75. The maximum Gasteiger partial charge on any atom is 0.240 e. The molecule has 2 heterocycles. The second-order valence-corrected chi connectivity index (χ2v) is 6.92. The summed E-state index contributed by atoms with van der Waals surface area (Å²) >= 11 is 0. The van der Waals surface area contributed by atoms with Gasteiger partial charge in [0.05, 0.1) is 23.0 Å². The summed E-state index contributed by atoms with van der Waals surface area (Å²) in [6.07, 6.45) is 7.10. The van der Waals surface area contributed by atoms with E-state index in [1.54, 1.807) is 6.21 Å². The lowest BCUT2D eigenvalue weighted by Gasteiger charge is -2.12. The summed E-state index contributed by atoms with van der Waals surface area (Å²) in [7, 11) is 0. The van der Waals surface area contributed by atoms with Crippen molar-refractivity contribution < 1.29 is 9.90 Å². The number of benzene rings is 1. The van der Waals surface area contributed by atoms with Crippen LogP contribution in [-0.4, -0.2) is 33.2 Å². The monoisotopic (exact) mass is 365 g/mol. The van der Waals surface area contributed by atoms with Crippen molar-refractivity contribution in [2.45, 2.75) is 52.0 Å². The molecule has 0 radical (unpaired) electrons. The minimum atomic E-state index is -0.0585. The molecule has 1 fully saturated rings. The molecule has 2 N–H and O–H groups in total. The number of amides is 1. The van der Waals surface area contributed by atoms with Crippen LogP contribution in [0.4, 0.5) is 0 Å². The number of aromatic nitrogens is 1. The molecule has 0 spiro atoms. The number of hydrazone groups is 1. The van der Waals surface area contributed by atoms with Crippen molar-refractivity contribution in [3.63, 3.8) is 0 Å². The maximum absolute atomic E-state index is 11.3. The minimum Gasteiger partial charge on any atom is -0.494 e. The number of aryl methyl sites for hydroxylation is 1. The summed E-state index contributed by atoms with van der Waals surface area (Å²) in [6, 6.07) is 5.95. The number of nitrogens with one attached hydrogen (secondary N) is 1. The largest absolute Gasteiger partial charge is 0.494 e. The number of rotatable bonds is 4. The first kappa shape index (κ1) is 17.5. The lowest BCUT2D eigenvalue weighted by molar-refractivity contribution is -0.121. The van der Waals surface area contributed by atoms with Crippen molar-refractivity contribution in [1.29, 1.82) is 0 Å². The Bertz CT molecular complexity index is 976. The maximum atomic E-state index is 11.3. The molecule has 7 nitrogen and oxygen atoms in total. The number of carbonyl (C=O) groups excluding carboxylic acids is 1. The lowest BCUT2D eigenvalue weighted by atomic mass is 10.0. The quantitative estimate of drug-likeness (QED) is 0.643. The predicted octanol–water partition coefficient (Wildman–Crippen LogP) is 3.33. The van der Waals surface area contributed by atoms with E-state index < -0.39 is 0 Å². The highest BCUT2D eigenvalue weighted by atomic mass is 16.3. The molecule has 1 aromatic carbocycles. The molecular weight excluding hydrogens is 342 g/mol. The summed E-state index contributed by atoms with van der Waals surface area (Å²) in [5.41, 5.74) is 7.06. The van der Waals surface area contributed by atoms with E-state index in [2.05, 4.69) is 20.7 Å². The number of aromatic hydroxyl groups is 1. The molecule has 1 aliphatic carbocycles. The molecule has 1 aromatic heterocycles. The Morgan fingerprint density at radius 3 is 2.78 bits per heavy atom. The number of hydrogen-bond donors (Lipinski definition) is 2. The van der Waals surface area contributed by atoms with Gasteiger partial charge in [0, 0.05) is 30.5 Å². The number of fused-ring (bicyclic) bond motifs is 1. The Labute approximate surface area is 157 Å². The molecule has 0 atom stereocenters. The average Bonchev–Trinajstić information content (AvgIpc) is 3.28. The van der Waals surface area contributed by atoms with Crippen molar-refractivity contribution in [2.75, 3.05) is 0 Å². The van der Waals surface area contributed by atoms with Crippen LogP contribution in [-0.2, 0) is 11.3 Å². The van der Waals surface area contributed by atoms with E-state index in [0.717, 1.165) is 40.7 Å². The van der Waals surface area contributed by atoms with Crippen LogP contribution in [0.3, 0.4) is 0 Å². The van der Waals surface area contributed by atoms with Crippen LogP contribution < -0.4 is 5.43 Å². The van der Waals surface area contributed by atoms with E-state index in [1.165, 1.54) is 12.8 Å². The van der Waals surface area contributed by atoms with Gasteiger partial charge in [-0.2, -0.15) is 15.3 Å². The second-order valence-electron chi connectivity index (χ2n) is 6.92. The predicted molar refractivity (Wildman–Crippen MR) is 107 cm³/mol. The zero-order chi connectivity index (χ0) is 18.8. The Balaban J connectivity index is 1.72. The summed E-state index contributed by atoms with van der Waals surface area (Å²) in [6.45, 7) is 2.63. The molecule has 2 aromatic rings. The smallest absolute Gasteiger partial charge is 0.240 e. The molecule has 27 heavy (non-hydrogen) atoms. The van der Waals surface area contributed by atoms with Gasteiger partial charge < -0.3 is 9.67 Å².